The van der Waals surface area contributed by atoms with E-state index in [1.54, 1.807) is 7.11 Å². The van der Waals surface area contributed by atoms with Gasteiger partial charge in [0.05, 0.1) is 0 Å². The maximum atomic E-state index is 6.00. The largest absolute Gasteiger partial charge is 0.398 e. The average Bonchev–Trinajstić information content (AvgIpc) is 2.25. The Hall–Kier alpha value is 1.58. The number of halogens is 3. The van der Waals surface area contributed by atoms with Crippen LogP contribution in [0.4, 0.5) is 0 Å². The topological polar surface area (TPSA) is 18.5 Å². The van der Waals surface area contributed by atoms with E-state index in [2.05, 4.69) is 47.8 Å². The highest BCUT2D eigenvalue weighted by Crippen LogP contribution is 2.21. The van der Waals surface area contributed by atoms with E-state index < -0.39 is 8.56 Å². The Morgan fingerprint density at radius 2 is 1.53 bits per heavy atom. The highest BCUT2D eigenvalue weighted by Gasteiger charge is 2.34. The van der Waals surface area contributed by atoms with E-state index in [1.807, 2.05) is 0 Å². The van der Waals surface area contributed by atoms with Crippen LogP contribution in [-0.2, 0) is 8.85 Å². The van der Waals surface area contributed by atoms with Crippen molar-refractivity contribution in [1.29, 1.82) is 0 Å². The minimum atomic E-state index is -1.93. The minimum Gasteiger partial charge on any atom is -0.398 e. The second kappa shape index (κ2) is 10.7. The molecule has 0 saturated heterocycles. The van der Waals surface area contributed by atoms with E-state index in [9.17, 15) is 0 Å². The molecule has 0 aliphatic heterocycles. The summed E-state index contributed by atoms with van der Waals surface area (Å²) in [6.07, 6.45) is 2.27. The van der Waals surface area contributed by atoms with Crippen LogP contribution in [0.25, 0.3) is 0 Å². The van der Waals surface area contributed by atoms with Crippen LogP contribution >= 0.6 is 47.8 Å². The van der Waals surface area contributed by atoms with Crippen molar-refractivity contribution in [3.63, 3.8) is 0 Å². The predicted octanol–water partition coefficient (Wildman–Crippen LogP) is 4.06. The molecule has 6 heteroatoms. The summed E-state index contributed by atoms with van der Waals surface area (Å²) in [5, 5.41) is 2.96. The van der Waals surface area contributed by atoms with Crippen LogP contribution in [0.5, 0.6) is 0 Å². The van der Waals surface area contributed by atoms with E-state index >= 15 is 0 Å². The standard InChI is InChI=1S/C9H19Br3O2Si/c1-13-15(8-5-11,9-6-12)14-7-3-2-4-10/h2-9H2,1H3. The lowest BCUT2D eigenvalue weighted by Gasteiger charge is -2.28. The van der Waals surface area contributed by atoms with E-state index in [0.29, 0.717) is 0 Å². The van der Waals surface area contributed by atoms with Gasteiger partial charge in [-0.1, -0.05) is 47.8 Å². The lowest BCUT2D eigenvalue weighted by atomic mass is 10.4. The summed E-state index contributed by atoms with van der Waals surface area (Å²) in [4.78, 5) is 0. The van der Waals surface area contributed by atoms with E-state index in [-0.39, 0.29) is 0 Å². The van der Waals surface area contributed by atoms with Gasteiger partial charge in [-0.3, -0.25) is 0 Å². The molecule has 0 radical (unpaired) electrons. The Morgan fingerprint density at radius 3 is 1.93 bits per heavy atom. The highest BCUT2D eigenvalue weighted by molar-refractivity contribution is 9.09. The van der Waals surface area contributed by atoms with Crippen LogP contribution in [-0.4, -0.2) is 38.3 Å². The number of unbranched alkanes of at least 4 members (excludes halogenated alkanes) is 1. The lowest BCUT2D eigenvalue weighted by Crippen LogP contribution is -2.42. The first-order chi connectivity index (χ1) is 7.24. The van der Waals surface area contributed by atoms with Crippen LogP contribution < -0.4 is 0 Å². The van der Waals surface area contributed by atoms with Crippen molar-refractivity contribution in [3.8, 4) is 0 Å². The molecule has 0 amide bonds. The molecule has 0 aliphatic rings. The van der Waals surface area contributed by atoms with Gasteiger partial charge in [-0.2, -0.15) is 0 Å². The molecule has 0 rings (SSSR count). The average molecular weight is 427 g/mol. The summed E-state index contributed by atoms with van der Waals surface area (Å²) >= 11 is 10.4. The summed E-state index contributed by atoms with van der Waals surface area (Å²) in [6.45, 7) is 0.825. The zero-order chi connectivity index (χ0) is 11.6. The molecule has 92 valence electrons. The molecule has 0 aliphatic carbocycles. The summed E-state index contributed by atoms with van der Waals surface area (Å²) in [7, 11) is -0.149. The summed E-state index contributed by atoms with van der Waals surface area (Å²) in [5.41, 5.74) is 0. The molecule has 0 aromatic heterocycles. The third kappa shape index (κ3) is 7.49. The van der Waals surface area contributed by atoms with Crippen molar-refractivity contribution < 1.29 is 8.85 Å². The van der Waals surface area contributed by atoms with Crippen LogP contribution in [0.15, 0.2) is 0 Å². The molecule has 0 aromatic carbocycles. The van der Waals surface area contributed by atoms with Crippen LogP contribution in [0, 0.1) is 0 Å². The summed E-state index contributed by atoms with van der Waals surface area (Å²) in [6, 6.07) is 2.03. The molecule has 0 heterocycles. The van der Waals surface area contributed by atoms with Crippen LogP contribution in [0.2, 0.25) is 12.1 Å². The van der Waals surface area contributed by atoms with Gasteiger partial charge in [-0.25, -0.2) is 0 Å². The van der Waals surface area contributed by atoms with Crippen molar-refractivity contribution in [2.45, 2.75) is 24.9 Å². The lowest BCUT2D eigenvalue weighted by molar-refractivity contribution is 0.198. The van der Waals surface area contributed by atoms with Crippen LogP contribution in [0.1, 0.15) is 12.8 Å². The number of hydrogen-bond acceptors (Lipinski definition) is 2. The van der Waals surface area contributed by atoms with Crippen molar-refractivity contribution in [2.24, 2.45) is 0 Å². The molecule has 2 nitrogen and oxygen atoms in total. The molecular weight excluding hydrogens is 408 g/mol. The smallest absolute Gasteiger partial charge is 0.339 e. The van der Waals surface area contributed by atoms with Gasteiger partial charge in [0.25, 0.3) is 0 Å². The molecule has 0 bridgehead atoms. The van der Waals surface area contributed by atoms with E-state index in [1.165, 1.54) is 0 Å². The molecule has 0 spiro atoms. The molecule has 0 aromatic rings. The molecule has 0 unspecified atom stereocenters. The van der Waals surface area contributed by atoms with Gasteiger partial charge < -0.3 is 8.85 Å². The first kappa shape index (κ1) is 16.6. The summed E-state index contributed by atoms with van der Waals surface area (Å²) in [5.74, 6) is 0. The van der Waals surface area contributed by atoms with E-state index in [4.69, 9.17) is 8.85 Å². The molecule has 0 saturated carbocycles. The van der Waals surface area contributed by atoms with Gasteiger partial charge in [0.2, 0.25) is 0 Å². The maximum Gasteiger partial charge on any atom is 0.339 e. The predicted molar refractivity (Wildman–Crippen MR) is 78.9 cm³/mol. The van der Waals surface area contributed by atoms with Gasteiger partial charge in [0, 0.05) is 41.8 Å². The zero-order valence-corrected chi connectivity index (χ0v) is 14.9. The molecule has 0 atom stereocenters. The van der Waals surface area contributed by atoms with Crippen molar-refractivity contribution in [3.05, 3.63) is 0 Å². The third-order valence-electron chi connectivity index (χ3n) is 2.22. The quantitative estimate of drug-likeness (QED) is 0.298. The Morgan fingerprint density at radius 1 is 0.933 bits per heavy atom. The van der Waals surface area contributed by atoms with Gasteiger partial charge in [0.1, 0.15) is 0 Å². The monoisotopic (exact) mass is 424 g/mol. The molecule has 0 fully saturated rings. The first-order valence-corrected chi connectivity index (χ1v) is 10.7. The zero-order valence-electron chi connectivity index (χ0n) is 9.11. The molecular formula is C9H19Br3O2Si. The van der Waals surface area contributed by atoms with Gasteiger partial charge in [-0.15, -0.1) is 0 Å². The van der Waals surface area contributed by atoms with Crippen molar-refractivity contribution in [1.82, 2.24) is 0 Å². The Balaban J connectivity index is 3.96. The fraction of sp³-hybridized carbons (Fsp3) is 1.00. The van der Waals surface area contributed by atoms with Gasteiger partial charge in [-0.05, 0) is 12.8 Å². The summed E-state index contributed by atoms with van der Waals surface area (Å²) < 4.78 is 11.6. The fourth-order valence-corrected chi connectivity index (χ4v) is 7.45. The number of hydrogen-bond donors (Lipinski definition) is 0. The Bertz CT molecular complexity index is 143. The van der Waals surface area contributed by atoms with E-state index in [0.717, 1.165) is 47.5 Å². The van der Waals surface area contributed by atoms with Gasteiger partial charge in [0.15, 0.2) is 0 Å². The Labute approximate surface area is 119 Å². The number of alkyl halides is 3. The normalized spacial score (nSPS) is 12.0. The highest BCUT2D eigenvalue weighted by atomic mass is 79.9. The minimum absolute atomic E-state index is 0.825. The first-order valence-electron chi connectivity index (χ1n) is 5.11. The van der Waals surface area contributed by atoms with Crippen molar-refractivity contribution in [2.75, 3.05) is 29.7 Å². The van der Waals surface area contributed by atoms with Gasteiger partial charge >= 0.3 is 8.56 Å². The SMILES string of the molecule is CO[Si](CCBr)(CCBr)OCCCCBr. The second-order valence-corrected chi connectivity index (χ2v) is 9.13. The van der Waals surface area contributed by atoms with Crippen molar-refractivity contribution >= 4 is 56.4 Å². The number of rotatable bonds is 10. The fourth-order valence-electron chi connectivity index (χ4n) is 1.28. The second-order valence-electron chi connectivity index (χ2n) is 3.24. The molecule has 0 N–H and O–H groups in total. The molecule has 15 heavy (non-hydrogen) atoms. The van der Waals surface area contributed by atoms with Crippen LogP contribution in [0.3, 0.4) is 0 Å². The maximum absolute atomic E-state index is 6.00. The third-order valence-corrected chi connectivity index (χ3v) is 8.53. The Kier molecular flexibility index (Phi) is 11.8.